The van der Waals surface area contributed by atoms with Crippen molar-refractivity contribution in [2.45, 2.75) is 18.0 Å². The highest BCUT2D eigenvalue weighted by Gasteiger charge is 2.49. The fourth-order valence-corrected chi connectivity index (χ4v) is 5.73. The number of halogens is 1. The van der Waals surface area contributed by atoms with E-state index in [1.165, 1.54) is 39.1 Å². The fourth-order valence-electron chi connectivity index (χ4n) is 4.49. The first-order valence-electron chi connectivity index (χ1n) is 10.5. The summed E-state index contributed by atoms with van der Waals surface area (Å²) in [6.45, 7) is 0.514. The third-order valence-corrected chi connectivity index (χ3v) is 7.44. The van der Waals surface area contributed by atoms with Crippen LogP contribution < -0.4 is 4.90 Å². The molecule has 0 aliphatic carbocycles. The van der Waals surface area contributed by atoms with Crippen LogP contribution in [-0.4, -0.2) is 31.0 Å². The number of para-hydroxylation sites is 2. The summed E-state index contributed by atoms with van der Waals surface area (Å²) in [5, 5.41) is 22.4. The van der Waals surface area contributed by atoms with Gasteiger partial charge in [-0.05, 0) is 17.7 Å². The van der Waals surface area contributed by atoms with Crippen molar-refractivity contribution in [3.8, 4) is 0 Å². The van der Waals surface area contributed by atoms with Crippen LogP contribution in [0, 0.1) is 10.1 Å². The van der Waals surface area contributed by atoms with Crippen LogP contribution in [0.5, 0.6) is 0 Å². The quantitative estimate of drug-likeness (QED) is 0.144. The molecule has 0 radical (unpaired) electrons. The molecule has 0 bridgehead atoms. The van der Waals surface area contributed by atoms with Gasteiger partial charge in [0.1, 0.15) is 10.4 Å². The first-order chi connectivity index (χ1) is 16.5. The molecule has 1 amide bonds. The molecule has 1 fully saturated rings. The van der Waals surface area contributed by atoms with E-state index in [1.807, 2.05) is 24.3 Å². The van der Waals surface area contributed by atoms with E-state index in [-0.39, 0.29) is 11.6 Å². The van der Waals surface area contributed by atoms with E-state index in [9.17, 15) is 14.9 Å². The van der Waals surface area contributed by atoms with Crippen LogP contribution >= 0.6 is 22.9 Å². The Morgan fingerprint density at radius 1 is 0.941 bits per heavy atom. The first kappa shape index (κ1) is 20.8. The molecule has 0 N–H and O–H groups in total. The van der Waals surface area contributed by atoms with Crippen molar-refractivity contribution in [3.63, 3.8) is 0 Å². The molecule has 5 aromatic rings. The largest absolute Gasteiger partial charge is 0.333 e. The number of amides is 1. The van der Waals surface area contributed by atoms with Gasteiger partial charge in [0.05, 0.1) is 17.5 Å². The smallest absolute Gasteiger partial charge is 0.269 e. The lowest BCUT2D eigenvalue weighted by Crippen LogP contribution is -2.56. The second-order valence-electron chi connectivity index (χ2n) is 8.00. The minimum Gasteiger partial charge on any atom is -0.333 e. The maximum absolute atomic E-state index is 12.6. The number of nitrogens with zero attached hydrogens (tertiary/aromatic N) is 5. The van der Waals surface area contributed by atoms with Crippen molar-refractivity contribution in [2.75, 3.05) is 4.90 Å². The minimum atomic E-state index is -0.758. The van der Waals surface area contributed by atoms with Gasteiger partial charge in [-0.3, -0.25) is 19.8 Å². The van der Waals surface area contributed by atoms with E-state index in [0.29, 0.717) is 17.2 Å². The highest BCUT2D eigenvalue weighted by molar-refractivity contribution is 7.15. The van der Waals surface area contributed by atoms with Crippen molar-refractivity contribution in [1.29, 1.82) is 0 Å². The molecule has 34 heavy (non-hydrogen) atoms. The minimum absolute atomic E-state index is 0.0172. The van der Waals surface area contributed by atoms with Gasteiger partial charge in [0.2, 0.25) is 11.0 Å². The number of hydrogen-bond donors (Lipinski definition) is 0. The van der Waals surface area contributed by atoms with Gasteiger partial charge < -0.3 is 4.57 Å². The van der Waals surface area contributed by atoms with Gasteiger partial charge >= 0.3 is 0 Å². The number of carbonyl (C=O) groups excluding carboxylic acids is 1. The average Bonchev–Trinajstić information content (AvgIpc) is 3.45. The van der Waals surface area contributed by atoms with Gasteiger partial charge in [0.25, 0.3) is 5.69 Å². The zero-order chi connectivity index (χ0) is 23.4. The van der Waals surface area contributed by atoms with E-state index in [4.69, 9.17) is 11.6 Å². The van der Waals surface area contributed by atoms with Gasteiger partial charge in [-0.25, -0.2) is 0 Å². The Bertz CT molecular complexity index is 1530. The van der Waals surface area contributed by atoms with Crippen LogP contribution in [0.25, 0.3) is 21.8 Å². The highest BCUT2D eigenvalue weighted by Crippen LogP contribution is 2.43. The summed E-state index contributed by atoms with van der Waals surface area (Å²) in [4.78, 5) is 24.6. The molecule has 8 nitrogen and oxygen atoms in total. The number of carbonyl (C=O) groups is 1. The van der Waals surface area contributed by atoms with Gasteiger partial charge in [-0.1, -0.05) is 59.9 Å². The van der Waals surface area contributed by atoms with Crippen LogP contribution in [0.2, 0.25) is 0 Å². The Labute approximate surface area is 202 Å². The maximum Gasteiger partial charge on any atom is 0.269 e. The standard InChI is InChI=1S/C24H16ClN5O3S/c25-21-22(14-9-11-15(12-10-14)30(32)33)29(23(21)31)24-27-26-20(34-24)13-28-18-7-3-1-5-16(18)17-6-2-4-8-19(17)28/h1-12,21-22H,13H2. The van der Waals surface area contributed by atoms with E-state index in [1.54, 1.807) is 12.1 Å². The number of nitro benzene ring substituents is 1. The lowest BCUT2D eigenvalue weighted by Gasteiger charge is -2.42. The third kappa shape index (κ3) is 3.16. The van der Waals surface area contributed by atoms with Crippen LogP contribution in [0.15, 0.2) is 72.8 Å². The molecule has 2 atom stereocenters. The topological polar surface area (TPSA) is 94.2 Å². The van der Waals surface area contributed by atoms with Crippen LogP contribution in [0.3, 0.4) is 0 Å². The number of fused-ring (bicyclic) bond motifs is 3. The number of alkyl halides is 1. The SMILES string of the molecule is O=C1C(Cl)C(c2ccc([N+](=O)[O-])cc2)N1c1nnc(Cn2c3ccccc3c3ccccc32)s1. The molecule has 1 saturated heterocycles. The van der Waals surface area contributed by atoms with Crippen molar-refractivity contribution in [3.05, 3.63) is 93.5 Å². The van der Waals surface area contributed by atoms with E-state index in [0.717, 1.165) is 16.0 Å². The molecule has 10 heteroatoms. The Hall–Kier alpha value is -3.82. The number of benzene rings is 3. The molecule has 0 spiro atoms. The lowest BCUT2D eigenvalue weighted by atomic mass is 9.94. The molecular weight excluding hydrogens is 474 g/mol. The average molecular weight is 490 g/mol. The summed E-state index contributed by atoms with van der Waals surface area (Å²) in [5.41, 5.74) is 2.90. The number of non-ortho nitro benzene ring substituents is 1. The van der Waals surface area contributed by atoms with Crippen molar-refractivity contribution in [2.24, 2.45) is 0 Å². The zero-order valence-corrected chi connectivity index (χ0v) is 19.1. The zero-order valence-electron chi connectivity index (χ0n) is 17.5. The lowest BCUT2D eigenvalue weighted by molar-refractivity contribution is -0.384. The van der Waals surface area contributed by atoms with Gasteiger partial charge in [0.15, 0.2) is 0 Å². The van der Waals surface area contributed by atoms with E-state index >= 15 is 0 Å². The summed E-state index contributed by atoms with van der Waals surface area (Å²) in [6, 6.07) is 22.1. The van der Waals surface area contributed by atoms with Crippen LogP contribution in [0.4, 0.5) is 10.8 Å². The van der Waals surface area contributed by atoms with E-state index < -0.39 is 16.3 Å². The summed E-state index contributed by atoms with van der Waals surface area (Å²) in [5.74, 6) is -0.260. The van der Waals surface area contributed by atoms with Gasteiger partial charge in [-0.15, -0.1) is 21.8 Å². The molecule has 3 aromatic carbocycles. The molecule has 3 heterocycles. The highest BCUT2D eigenvalue weighted by atomic mass is 35.5. The Kier molecular flexibility index (Phi) is 4.82. The van der Waals surface area contributed by atoms with Crippen LogP contribution in [0.1, 0.15) is 16.6 Å². The normalized spacial score (nSPS) is 17.9. The second kappa shape index (κ2) is 7.89. The van der Waals surface area contributed by atoms with E-state index in [2.05, 4.69) is 39.0 Å². The maximum atomic E-state index is 12.6. The van der Waals surface area contributed by atoms with Gasteiger partial charge in [-0.2, -0.15) is 0 Å². The van der Waals surface area contributed by atoms with Crippen molar-refractivity contribution >= 4 is 61.5 Å². The second-order valence-corrected chi connectivity index (χ2v) is 9.51. The number of aromatic nitrogens is 3. The summed E-state index contributed by atoms with van der Waals surface area (Å²) < 4.78 is 2.20. The van der Waals surface area contributed by atoms with Crippen molar-refractivity contribution in [1.82, 2.24) is 14.8 Å². The first-order valence-corrected chi connectivity index (χ1v) is 11.8. The number of β-lactam (4-membered cyclic amide) rings is 1. The summed E-state index contributed by atoms with van der Waals surface area (Å²) in [6.07, 6.45) is 0. The molecule has 1 aliphatic heterocycles. The molecular formula is C24H16ClN5O3S. The Morgan fingerprint density at radius 3 is 2.18 bits per heavy atom. The molecule has 1 aliphatic rings. The number of rotatable bonds is 5. The molecule has 6 rings (SSSR count). The number of hydrogen-bond acceptors (Lipinski definition) is 6. The molecule has 0 saturated carbocycles. The number of nitro groups is 1. The predicted molar refractivity (Wildman–Crippen MR) is 131 cm³/mol. The van der Waals surface area contributed by atoms with Crippen LogP contribution in [-0.2, 0) is 11.3 Å². The Balaban J connectivity index is 1.33. The number of anilines is 1. The third-order valence-electron chi connectivity index (χ3n) is 6.11. The van der Waals surface area contributed by atoms with Gasteiger partial charge in [0, 0.05) is 33.9 Å². The summed E-state index contributed by atoms with van der Waals surface area (Å²) in [7, 11) is 0. The molecule has 2 aromatic heterocycles. The Morgan fingerprint density at radius 2 is 1.56 bits per heavy atom. The van der Waals surface area contributed by atoms with Crippen molar-refractivity contribution < 1.29 is 9.72 Å². The monoisotopic (exact) mass is 489 g/mol. The molecule has 2 unspecified atom stereocenters. The molecule has 168 valence electrons. The summed E-state index contributed by atoms with van der Waals surface area (Å²) >= 11 is 7.67. The predicted octanol–water partition coefficient (Wildman–Crippen LogP) is 5.30. The fraction of sp³-hybridized carbons (Fsp3) is 0.125.